The van der Waals surface area contributed by atoms with Crippen molar-refractivity contribution in [3.05, 3.63) is 89.0 Å². The Labute approximate surface area is 193 Å². The lowest BCUT2D eigenvalue weighted by Crippen LogP contribution is -2.45. The summed E-state index contributed by atoms with van der Waals surface area (Å²) >= 11 is 0. The van der Waals surface area contributed by atoms with Gasteiger partial charge in [0.2, 0.25) is 11.9 Å². The van der Waals surface area contributed by atoms with Gasteiger partial charge in [-0.15, -0.1) is 0 Å². The van der Waals surface area contributed by atoms with Crippen molar-refractivity contribution < 1.29 is 24.2 Å². The number of anilines is 2. The highest BCUT2D eigenvalue weighted by molar-refractivity contribution is 6.13. The van der Waals surface area contributed by atoms with Gasteiger partial charge in [-0.25, -0.2) is 9.78 Å². The van der Waals surface area contributed by atoms with Crippen LogP contribution in [0.15, 0.2) is 66.7 Å². The van der Waals surface area contributed by atoms with E-state index in [-0.39, 0.29) is 11.5 Å². The minimum atomic E-state index is -1.89. The molecule has 10 nitrogen and oxygen atoms in total. The highest BCUT2D eigenvalue weighted by Crippen LogP contribution is 2.45. The number of hydrogen-bond donors (Lipinski definition) is 4. The third kappa shape index (κ3) is 3.16. The minimum Gasteiger partial charge on any atom is -0.453 e. The number of hydrogen-bond acceptors (Lipinski definition) is 6. The Hall–Kier alpha value is -4.70. The van der Waals surface area contributed by atoms with Crippen molar-refractivity contribution >= 4 is 40.6 Å². The van der Waals surface area contributed by atoms with Crippen LogP contribution >= 0.6 is 0 Å². The first-order chi connectivity index (χ1) is 16.3. The van der Waals surface area contributed by atoms with Gasteiger partial charge in [0.25, 0.3) is 5.91 Å². The highest BCUT2D eigenvalue weighted by atomic mass is 16.5. The van der Waals surface area contributed by atoms with Crippen molar-refractivity contribution in [3.8, 4) is 0 Å². The predicted molar refractivity (Wildman–Crippen MR) is 123 cm³/mol. The van der Waals surface area contributed by atoms with Crippen LogP contribution in [-0.2, 0) is 10.5 Å². The Morgan fingerprint density at radius 1 is 1.12 bits per heavy atom. The molecule has 1 atom stereocenters. The van der Waals surface area contributed by atoms with Crippen LogP contribution in [0.3, 0.4) is 0 Å². The van der Waals surface area contributed by atoms with E-state index in [2.05, 4.69) is 20.0 Å². The van der Waals surface area contributed by atoms with Crippen LogP contribution in [-0.4, -0.2) is 40.1 Å². The van der Waals surface area contributed by atoms with Gasteiger partial charge in [0.15, 0.2) is 5.72 Å². The molecule has 0 saturated carbocycles. The van der Waals surface area contributed by atoms with Crippen molar-refractivity contribution in [2.45, 2.75) is 5.72 Å². The van der Waals surface area contributed by atoms with Crippen molar-refractivity contribution in [2.75, 3.05) is 17.3 Å². The van der Waals surface area contributed by atoms with Crippen LogP contribution in [0.25, 0.3) is 11.0 Å². The van der Waals surface area contributed by atoms with Gasteiger partial charge in [0, 0.05) is 27.9 Å². The third-order valence-electron chi connectivity index (χ3n) is 5.74. The normalized spacial score (nSPS) is 17.0. The molecule has 4 aromatic rings. The van der Waals surface area contributed by atoms with E-state index < -0.39 is 23.6 Å². The summed E-state index contributed by atoms with van der Waals surface area (Å²) in [5.74, 6) is -0.920. The second kappa shape index (κ2) is 7.71. The molecule has 1 unspecified atom stereocenters. The van der Waals surface area contributed by atoms with Gasteiger partial charge in [0.05, 0.1) is 18.1 Å². The maximum Gasteiger partial charge on any atom is 0.413 e. The number of primary amides is 1. The fourth-order valence-electron chi connectivity index (χ4n) is 4.18. The van der Waals surface area contributed by atoms with E-state index in [1.54, 1.807) is 54.6 Å². The van der Waals surface area contributed by atoms with E-state index in [0.717, 1.165) is 0 Å². The number of nitrogens with two attached hydrogens (primary N) is 1. The van der Waals surface area contributed by atoms with Crippen molar-refractivity contribution in [3.63, 3.8) is 0 Å². The van der Waals surface area contributed by atoms with Crippen LogP contribution in [0.4, 0.5) is 16.4 Å². The number of nitrogens with one attached hydrogen (secondary N) is 2. The van der Waals surface area contributed by atoms with Gasteiger partial charge in [-0.2, -0.15) is 0 Å². The number of imidazole rings is 1. The molecule has 0 radical (unpaired) electrons. The number of H-pyrrole nitrogens is 1. The molecule has 1 aliphatic heterocycles. The zero-order valence-corrected chi connectivity index (χ0v) is 17.9. The summed E-state index contributed by atoms with van der Waals surface area (Å²) in [6.45, 7) is 0. The first-order valence-corrected chi connectivity index (χ1v) is 10.2. The largest absolute Gasteiger partial charge is 0.453 e. The number of ether oxygens (including phenoxy) is 1. The van der Waals surface area contributed by atoms with Crippen LogP contribution in [0.2, 0.25) is 0 Å². The van der Waals surface area contributed by atoms with E-state index in [4.69, 9.17) is 5.73 Å². The number of benzene rings is 3. The molecule has 0 saturated heterocycles. The molecule has 5 N–H and O–H groups in total. The van der Waals surface area contributed by atoms with Gasteiger partial charge in [-0.05, 0) is 36.4 Å². The molecule has 10 heteroatoms. The summed E-state index contributed by atoms with van der Waals surface area (Å²) in [6.07, 6.45) is -0.686. The van der Waals surface area contributed by atoms with Crippen molar-refractivity contribution in [1.29, 1.82) is 0 Å². The number of carbonyl (C=O) groups is 3. The first-order valence-electron chi connectivity index (χ1n) is 10.2. The number of aliphatic hydroxyl groups is 1. The Balaban J connectivity index is 1.68. The Morgan fingerprint density at radius 3 is 2.68 bits per heavy atom. The summed E-state index contributed by atoms with van der Waals surface area (Å²) in [6, 6.07) is 17.9. The van der Waals surface area contributed by atoms with E-state index in [1.807, 2.05) is 0 Å². The standard InChI is InChI=1S/C24H19N5O5/c1-34-23(32)28-22-26-18-10-9-14(12-19(18)27-22)24(33)17-8-3-2-7-16(17)21(31)29(24)15-6-4-5-13(11-15)20(25)30/h2-12,33H,1H3,(H2,25,30)(H2,26,27,28,32). The lowest BCUT2D eigenvalue weighted by molar-refractivity contribution is 0.0703. The monoisotopic (exact) mass is 457 g/mol. The van der Waals surface area contributed by atoms with E-state index in [0.29, 0.717) is 33.4 Å². The highest BCUT2D eigenvalue weighted by Gasteiger charge is 2.50. The zero-order chi connectivity index (χ0) is 24.0. The average molecular weight is 457 g/mol. The lowest BCUT2D eigenvalue weighted by Gasteiger charge is -2.35. The molecule has 34 heavy (non-hydrogen) atoms. The molecule has 3 amide bonds. The van der Waals surface area contributed by atoms with Gasteiger partial charge in [0.1, 0.15) is 0 Å². The molecular formula is C24H19N5O5. The number of aromatic nitrogens is 2. The predicted octanol–water partition coefficient (Wildman–Crippen LogP) is 2.69. The first kappa shape index (κ1) is 21.2. The Bertz CT molecular complexity index is 1480. The second-order valence-corrected chi connectivity index (χ2v) is 7.71. The smallest absolute Gasteiger partial charge is 0.413 e. The molecule has 0 fully saturated rings. The maximum atomic E-state index is 13.5. The molecule has 170 valence electrons. The third-order valence-corrected chi connectivity index (χ3v) is 5.74. The van der Waals surface area contributed by atoms with Crippen LogP contribution in [0.1, 0.15) is 31.8 Å². The average Bonchev–Trinajstić information content (AvgIpc) is 3.35. The Morgan fingerprint density at radius 2 is 1.91 bits per heavy atom. The number of aromatic amines is 1. The summed E-state index contributed by atoms with van der Waals surface area (Å²) in [4.78, 5) is 45.2. The number of rotatable bonds is 4. The lowest BCUT2D eigenvalue weighted by atomic mass is 9.93. The molecular weight excluding hydrogens is 438 g/mol. The van der Waals surface area contributed by atoms with Crippen molar-refractivity contribution in [1.82, 2.24) is 9.97 Å². The second-order valence-electron chi connectivity index (χ2n) is 7.71. The fraction of sp³-hybridized carbons (Fsp3) is 0.0833. The van der Waals surface area contributed by atoms with Gasteiger partial charge >= 0.3 is 6.09 Å². The van der Waals surface area contributed by atoms with E-state index in [9.17, 15) is 19.5 Å². The van der Waals surface area contributed by atoms with Gasteiger partial charge in [-0.1, -0.05) is 30.3 Å². The molecule has 0 spiro atoms. The summed E-state index contributed by atoms with van der Waals surface area (Å²) < 4.78 is 4.58. The quantitative estimate of drug-likeness (QED) is 0.370. The van der Waals surface area contributed by atoms with E-state index in [1.165, 1.54) is 24.1 Å². The molecule has 5 rings (SSSR count). The number of methoxy groups -OCH3 is 1. The minimum absolute atomic E-state index is 0.167. The van der Waals surface area contributed by atoms with Crippen LogP contribution in [0, 0.1) is 0 Å². The van der Waals surface area contributed by atoms with Gasteiger partial charge in [-0.3, -0.25) is 19.8 Å². The molecule has 3 aromatic carbocycles. The maximum absolute atomic E-state index is 13.5. The number of amides is 3. The molecule has 1 aliphatic rings. The Kier molecular flexibility index (Phi) is 4.80. The van der Waals surface area contributed by atoms with Gasteiger partial charge < -0.3 is 20.6 Å². The van der Waals surface area contributed by atoms with E-state index >= 15 is 0 Å². The summed E-state index contributed by atoms with van der Waals surface area (Å²) in [7, 11) is 1.24. The molecule has 0 bridgehead atoms. The molecule has 1 aromatic heterocycles. The zero-order valence-electron chi connectivity index (χ0n) is 17.9. The number of fused-ring (bicyclic) bond motifs is 2. The number of carbonyl (C=O) groups excluding carboxylic acids is 3. The molecule has 0 aliphatic carbocycles. The van der Waals surface area contributed by atoms with Crippen molar-refractivity contribution in [2.24, 2.45) is 5.73 Å². The topological polar surface area (TPSA) is 151 Å². The number of nitrogens with zero attached hydrogens (tertiary/aromatic N) is 2. The summed E-state index contributed by atoms with van der Waals surface area (Å²) in [5.41, 5.74) is 6.17. The molecule has 2 heterocycles. The SMILES string of the molecule is COC(=O)Nc1nc2ccc(C3(O)c4ccccc4C(=O)N3c3cccc(C(N)=O)c3)cc2[nH]1. The van der Waals surface area contributed by atoms with Crippen LogP contribution in [0.5, 0.6) is 0 Å². The summed E-state index contributed by atoms with van der Waals surface area (Å²) in [5, 5.41) is 14.6. The van der Waals surface area contributed by atoms with Crippen LogP contribution < -0.4 is 16.0 Å². The fourth-order valence-corrected chi connectivity index (χ4v) is 4.18.